The van der Waals surface area contributed by atoms with Crippen LogP contribution in [0.4, 0.5) is 11.4 Å². The Kier molecular flexibility index (Phi) is 5.80. The highest BCUT2D eigenvalue weighted by Crippen LogP contribution is 2.35. The second-order valence-corrected chi connectivity index (χ2v) is 8.55. The minimum Gasteiger partial charge on any atom is -0.370 e. The van der Waals surface area contributed by atoms with Crippen molar-refractivity contribution in [3.05, 3.63) is 58.4 Å². The summed E-state index contributed by atoms with van der Waals surface area (Å²) in [7, 11) is 0. The van der Waals surface area contributed by atoms with Gasteiger partial charge in [0.05, 0.1) is 16.4 Å². The zero-order valence-electron chi connectivity index (χ0n) is 15.2. The quantitative estimate of drug-likeness (QED) is 0.526. The van der Waals surface area contributed by atoms with Gasteiger partial charge in [-0.25, -0.2) is 0 Å². The molecule has 0 saturated carbocycles. The summed E-state index contributed by atoms with van der Waals surface area (Å²) in [6, 6.07) is 15.8. The number of nitrogens with one attached hydrogen (secondary N) is 2. The molecule has 1 aliphatic heterocycles. The second-order valence-electron chi connectivity index (χ2n) is 6.71. The molecule has 1 fully saturated rings. The third-order valence-corrected chi connectivity index (χ3v) is 6.70. The second kappa shape index (κ2) is 8.47. The molecule has 2 N–H and O–H groups in total. The summed E-state index contributed by atoms with van der Waals surface area (Å²) in [6.07, 6.45) is 3.66. The van der Waals surface area contributed by atoms with Crippen LogP contribution in [0.1, 0.15) is 28.9 Å². The van der Waals surface area contributed by atoms with E-state index in [1.807, 2.05) is 42.5 Å². The number of nitrogens with zero attached hydrogens (tertiary/aromatic N) is 1. The van der Waals surface area contributed by atoms with Gasteiger partial charge in [0.25, 0.3) is 5.91 Å². The number of para-hydroxylation sites is 2. The topological polar surface area (TPSA) is 44.4 Å². The lowest BCUT2D eigenvalue weighted by Gasteiger charge is -2.30. The number of piperidine rings is 1. The summed E-state index contributed by atoms with van der Waals surface area (Å²) < 4.78 is 0.979. The molecule has 1 aliphatic rings. The van der Waals surface area contributed by atoms with Crippen molar-refractivity contribution < 1.29 is 4.79 Å². The Balaban J connectivity index is 1.48. The van der Waals surface area contributed by atoms with Gasteiger partial charge in [0, 0.05) is 23.2 Å². The monoisotopic (exact) mass is 429 g/mol. The fourth-order valence-electron chi connectivity index (χ4n) is 3.46. The maximum absolute atomic E-state index is 12.7. The summed E-state index contributed by atoms with van der Waals surface area (Å²) in [4.78, 5) is 15.5. The zero-order valence-corrected chi connectivity index (χ0v) is 17.6. The molecule has 4 nitrogen and oxygen atoms in total. The average molecular weight is 430 g/mol. The van der Waals surface area contributed by atoms with E-state index in [0.717, 1.165) is 34.6 Å². The van der Waals surface area contributed by atoms with Gasteiger partial charge in [-0.1, -0.05) is 41.9 Å². The molecule has 3 aromatic rings. The van der Waals surface area contributed by atoms with Crippen LogP contribution in [0.5, 0.6) is 0 Å². The van der Waals surface area contributed by atoms with Crippen molar-refractivity contribution in [2.45, 2.75) is 19.3 Å². The van der Waals surface area contributed by atoms with Gasteiger partial charge in [0.1, 0.15) is 4.88 Å². The lowest BCUT2D eigenvalue weighted by atomic mass is 10.1. The number of hydrogen-bond donors (Lipinski definition) is 2. The summed E-state index contributed by atoms with van der Waals surface area (Å²) in [5.41, 5.74) is 2.01. The van der Waals surface area contributed by atoms with Gasteiger partial charge in [-0.3, -0.25) is 10.1 Å². The predicted octanol–water partition coefficient (Wildman–Crippen LogP) is 5.67. The number of anilines is 2. The number of benzene rings is 2. The molecule has 144 valence electrons. The van der Waals surface area contributed by atoms with Crippen molar-refractivity contribution in [3.8, 4) is 0 Å². The standard InChI is InChI=1S/C21H20ClN3OS2/c22-18-14-8-2-5-11-17(14)28-19(18)20(26)24-21(27)23-15-9-3-4-10-16(15)25-12-6-1-7-13-25/h2-5,8-11H,1,6-7,12-13H2,(H2,23,24,26,27). The van der Waals surface area contributed by atoms with Gasteiger partial charge in [-0.15, -0.1) is 11.3 Å². The maximum Gasteiger partial charge on any atom is 0.269 e. The lowest BCUT2D eigenvalue weighted by Crippen LogP contribution is -2.35. The van der Waals surface area contributed by atoms with Crippen molar-refractivity contribution in [3.63, 3.8) is 0 Å². The Morgan fingerprint density at radius 2 is 1.75 bits per heavy atom. The van der Waals surface area contributed by atoms with Gasteiger partial charge < -0.3 is 10.2 Å². The molecular formula is C21H20ClN3OS2. The average Bonchev–Trinajstić information content (AvgIpc) is 3.06. The lowest BCUT2D eigenvalue weighted by molar-refractivity contribution is 0.0982. The van der Waals surface area contributed by atoms with Crippen LogP contribution in [0.2, 0.25) is 5.02 Å². The number of rotatable bonds is 3. The zero-order chi connectivity index (χ0) is 19.5. The molecule has 0 aliphatic carbocycles. The van der Waals surface area contributed by atoms with Crippen LogP contribution in [-0.2, 0) is 0 Å². The van der Waals surface area contributed by atoms with E-state index in [4.69, 9.17) is 23.8 Å². The van der Waals surface area contributed by atoms with Crippen LogP contribution in [-0.4, -0.2) is 24.1 Å². The van der Waals surface area contributed by atoms with E-state index in [0.29, 0.717) is 9.90 Å². The molecular weight excluding hydrogens is 410 g/mol. The molecule has 0 unspecified atom stereocenters. The third kappa shape index (κ3) is 3.99. The Labute approximate surface area is 178 Å². The molecule has 0 spiro atoms. The number of hydrogen-bond acceptors (Lipinski definition) is 4. The van der Waals surface area contributed by atoms with Crippen LogP contribution < -0.4 is 15.5 Å². The van der Waals surface area contributed by atoms with Crippen LogP contribution >= 0.6 is 35.2 Å². The van der Waals surface area contributed by atoms with Gasteiger partial charge in [0.15, 0.2) is 5.11 Å². The number of thiophene rings is 1. The summed E-state index contributed by atoms with van der Waals surface area (Å²) in [6.45, 7) is 2.07. The summed E-state index contributed by atoms with van der Waals surface area (Å²) >= 11 is 13.2. The number of carbonyl (C=O) groups is 1. The molecule has 0 atom stereocenters. The fraction of sp³-hybridized carbons (Fsp3) is 0.238. The molecule has 1 amide bonds. The smallest absolute Gasteiger partial charge is 0.269 e. The van der Waals surface area contributed by atoms with E-state index in [1.54, 1.807) is 0 Å². The van der Waals surface area contributed by atoms with Crippen molar-refractivity contribution in [2.24, 2.45) is 0 Å². The number of carbonyl (C=O) groups excluding carboxylic acids is 1. The highest BCUT2D eigenvalue weighted by molar-refractivity contribution is 7.80. The predicted molar refractivity (Wildman–Crippen MR) is 123 cm³/mol. The van der Waals surface area contributed by atoms with Crippen LogP contribution in [0.15, 0.2) is 48.5 Å². The molecule has 4 rings (SSSR count). The molecule has 1 saturated heterocycles. The Bertz CT molecular complexity index is 1030. The number of fused-ring (bicyclic) bond motifs is 1. The van der Waals surface area contributed by atoms with Crippen molar-refractivity contribution in [2.75, 3.05) is 23.3 Å². The van der Waals surface area contributed by atoms with E-state index in [2.05, 4.69) is 21.6 Å². The van der Waals surface area contributed by atoms with E-state index in [1.165, 1.54) is 30.6 Å². The Morgan fingerprint density at radius 1 is 1.04 bits per heavy atom. The number of halogens is 1. The van der Waals surface area contributed by atoms with Crippen LogP contribution in [0.3, 0.4) is 0 Å². The molecule has 7 heteroatoms. The molecule has 2 heterocycles. The van der Waals surface area contributed by atoms with Gasteiger partial charge >= 0.3 is 0 Å². The molecule has 2 aromatic carbocycles. The molecule has 0 bridgehead atoms. The van der Waals surface area contributed by atoms with E-state index in [-0.39, 0.29) is 11.0 Å². The van der Waals surface area contributed by atoms with Gasteiger partial charge in [-0.05, 0) is 49.7 Å². The normalized spacial score (nSPS) is 14.1. The minimum atomic E-state index is -0.292. The first-order chi connectivity index (χ1) is 13.6. The summed E-state index contributed by atoms with van der Waals surface area (Å²) in [5, 5.41) is 7.56. The third-order valence-electron chi connectivity index (χ3n) is 4.82. The van der Waals surface area contributed by atoms with Crippen molar-refractivity contribution >= 4 is 67.6 Å². The largest absolute Gasteiger partial charge is 0.370 e. The fourth-order valence-corrected chi connectivity index (χ4v) is 5.08. The summed E-state index contributed by atoms with van der Waals surface area (Å²) in [5.74, 6) is -0.292. The van der Waals surface area contributed by atoms with Crippen molar-refractivity contribution in [1.29, 1.82) is 0 Å². The van der Waals surface area contributed by atoms with Crippen molar-refractivity contribution in [1.82, 2.24) is 5.32 Å². The highest BCUT2D eigenvalue weighted by atomic mass is 35.5. The van der Waals surface area contributed by atoms with Crippen LogP contribution in [0.25, 0.3) is 10.1 Å². The Hall–Kier alpha value is -2.15. The molecule has 0 radical (unpaired) electrons. The SMILES string of the molecule is O=C(NC(=S)Nc1ccccc1N1CCCCC1)c1sc2ccccc2c1Cl. The van der Waals surface area contributed by atoms with Crippen LogP contribution in [0, 0.1) is 0 Å². The first-order valence-corrected chi connectivity index (χ1v) is 10.9. The van der Waals surface area contributed by atoms with Gasteiger partial charge in [0.2, 0.25) is 0 Å². The van der Waals surface area contributed by atoms with E-state index < -0.39 is 0 Å². The molecule has 1 aromatic heterocycles. The number of amides is 1. The minimum absolute atomic E-state index is 0.267. The maximum atomic E-state index is 12.7. The van der Waals surface area contributed by atoms with E-state index in [9.17, 15) is 4.79 Å². The number of thiocarbonyl (C=S) groups is 1. The first-order valence-electron chi connectivity index (χ1n) is 9.27. The van der Waals surface area contributed by atoms with E-state index >= 15 is 0 Å². The first kappa shape index (κ1) is 19.2. The molecule has 28 heavy (non-hydrogen) atoms. The Morgan fingerprint density at radius 3 is 2.54 bits per heavy atom. The highest BCUT2D eigenvalue weighted by Gasteiger charge is 2.19. The van der Waals surface area contributed by atoms with Gasteiger partial charge in [-0.2, -0.15) is 0 Å².